The number of nitrogens with two attached hydrogens (primary N) is 1. The maximum Gasteiger partial charge on any atom is 0.252 e. The summed E-state index contributed by atoms with van der Waals surface area (Å²) >= 11 is 0. The van der Waals surface area contributed by atoms with Crippen LogP contribution in [0, 0.1) is 0 Å². The molecule has 0 radical (unpaired) electrons. The second-order valence-corrected chi connectivity index (χ2v) is 5.33. The van der Waals surface area contributed by atoms with Gasteiger partial charge in [-0.05, 0) is 32.1 Å². The molecule has 0 bridgehead atoms. The van der Waals surface area contributed by atoms with Crippen molar-refractivity contribution in [1.82, 2.24) is 9.97 Å². The number of nitrogens with one attached hydrogen (secondary N) is 1. The average Bonchev–Trinajstić information content (AvgIpc) is 3.09. The van der Waals surface area contributed by atoms with Crippen LogP contribution >= 0.6 is 0 Å². The van der Waals surface area contributed by atoms with Crippen LogP contribution in [0.5, 0.6) is 0 Å². The molecule has 5 nitrogen and oxygen atoms in total. The van der Waals surface area contributed by atoms with Gasteiger partial charge < -0.3 is 15.6 Å². The monoisotopic (exact) mass is 248 g/mol. The van der Waals surface area contributed by atoms with Crippen LogP contribution < -0.4 is 16.2 Å². The number of aromatic nitrogens is 2. The normalized spacial score (nSPS) is 19.6. The van der Waals surface area contributed by atoms with Gasteiger partial charge in [0, 0.05) is 31.1 Å². The summed E-state index contributed by atoms with van der Waals surface area (Å²) in [6.07, 6.45) is 5.93. The highest BCUT2D eigenvalue weighted by atomic mass is 16.1. The molecule has 0 amide bonds. The van der Waals surface area contributed by atoms with E-state index in [2.05, 4.69) is 14.9 Å². The third-order valence-corrected chi connectivity index (χ3v) is 3.89. The number of H-pyrrole nitrogens is 1. The number of nitrogens with zero attached hydrogens (tertiary/aromatic N) is 2. The van der Waals surface area contributed by atoms with E-state index < -0.39 is 0 Å². The Hall–Kier alpha value is -1.36. The van der Waals surface area contributed by atoms with E-state index in [0.29, 0.717) is 18.5 Å². The van der Waals surface area contributed by atoms with Gasteiger partial charge in [0.05, 0.1) is 0 Å². The van der Waals surface area contributed by atoms with E-state index >= 15 is 0 Å². The molecule has 0 unspecified atom stereocenters. The summed E-state index contributed by atoms with van der Waals surface area (Å²) in [7, 11) is 0. The Morgan fingerprint density at radius 1 is 1.39 bits per heavy atom. The van der Waals surface area contributed by atoms with Gasteiger partial charge in [-0.3, -0.25) is 4.79 Å². The molecule has 3 rings (SSSR count). The van der Waals surface area contributed by atoms with Gasteiger partial charge in [0.1, 0.15) is 11.6 Å². The molecular formula is C13H20N4O. The number of hydrogen-bond acceptors (Lipinski definition) is 4. The van der Waals surface area contributed by atoms with Crippen LogP contribution in [0.1, 0.15) is 43.8 Å². The molecule has 2 saturated carbocycles. The fourth-order valence-electron chi connectivity index (χ4n) is 2.48. The summed E-state index contributed by atoms with van der Waals surface area (Å²) in [6.45, 7) is 1.38. The van der Waals surface area contributed by atoms with Crippen LogP contribution in [0.15, 0.2) is 10.9 Å². The van der Waals surface area contributed by atoms with Crippen molar-refractivity contribution in [3.05, 3.63) is 22.2 Å². The van der Waals surface area contributed by atoms with Crippen LogP contribution in [-0.2, 0) is 0 Å². The van der Waals surface area contributed by atoms with Gasteiger partial charge in [0.25, 0.3) is 5.56 Å². The molecule has 0 aromatic carbocycles. The first kappa shape index (κ1) is 11.7. The average molecular weight is 248 g/mol. The van der Waals surface area contributed by atoms with Gasteiger partial charge in [-0.2, -0.15) is 0 Å². The minimum absolute atomic E-state index is 0.0387. The molecule has 2 aliphatic rings. The maximum atomic E-state index is 11.7. The van der Waals surface area contributed by atoms with Crippen molar-refractivity contribution in [2.75, 3.05) is 18.0 Å². The predicted octanol–water partition coefficient (Wildman–Crippen LogP) is 0.965. The standard InChI is InChI=1S/C13H20N4O/c14-6-7-17(10-2-1-3-10)11-8-12(18)16-13(15-11)9-4-5-9/h8-10H,1-7,14H2,(H,15,16,18). The molecule has 0 saturated heterocycles. The molecule has 98 valence electrons. The van der Waals surface area contributed by atoms with Crippen molar-refractivity contribution in [3.63, 3.8) is 0 Å². The molecular weight excluding hydrogens is 228 g/mol. The highest BCUT2D eigenvalue weighted by Crippen LogP contribution is 2.38. The molecule has 3 N–H and O–H groups in total. The molecule has 0 aliphatic heterocycles. The van der Waals surface area contributed by atoms with Gasteiger partial charge in [0.2, 0.25) is 0 Å². The van der Waals surface area contributed by atoms with Gasteiger partial charge in [0.15, 0.2) is 0 Å². The summed E-state index contributed by atoms with van der Waals surface area (Å²) in [5.41, 5.74) is 5.64. The molecule has 18 heavy (non-hydrogen) atoms. The van der Waals surface area contributed by atoms with E-state index in [0.717, 1.165) is 31.0 Å². The lowest BCUT2D eigenvalue weighted by molar-refractivity contribution is 0.385. The summed E-state index contributed by atoms with van der Waals surface area (Å²) in [6, 6.07) is 2.13. The third kappa shape index (κ3) is 2.27. The molecule has 1 heterocycles. The zero-order valence-corrected chi connectivity index (χ0v) is 10.6. The Labute approximate surface area is 106 Å². The Balaban J connectivity index is 1.89. The molecule has 0 spiro atoms. The van der Waals surface area contributed by atoms with Gasteiger partial charge in [-0.25, -0.2) is 4.98 Å². The Bertz CT molecular complexity index is 476. The van der Waals surface area contributed by atoms with E-state index in [1.165, 1.54) is 19.3 Å². The highest BCUT2D eigenvalue weighted by molar-refractivity contribution is 5.40. The number of hydrogen-bond donors (Lipinski definition) is 2. The van der Waals surface area contributed by atoms with Crippen LogP contribution in [-0.4, -0.2) is 29.1 Å². The fourth-order valence-corrected chi connectivity index (χ4v) is 2.48. The second kappa shape index (κ2) is 4.72. The van der Waals surface area contributed by atoms with Crippen molar-refractivity contribution >= 4 is 5.82 Å². The Morgan fingerprint density at radius 3 is 2.72 bits per heavy atom. The SMILES string of the molecule is NCCN(c1cc(=O)[nH]c(C2CC2)n1)C1CCC1. The fraction of sp³-hybridized carbons (Fsp3) is 0.692. The minimum Gasteiger partial charge on any atom is -0.352 e. The predicted molar refractivity (Wildman–Crippen MR) is 70.9 cm³/mol. The zero-order chi connectivity index (χ0) is 12.5. The topological polar surface area (TPSA) is 75.0 Å². The number of anilines is 1. The first-order valence-corrected chi connectivity index (χ1v) is 6.86. The van der Waals surface area contributed by atoms with Crippen LogP contribution in [0.25, 0.3) is 0 Å². The van der Waals surface area contributed by atoms with Crippen molar-refractivity contribution in [1.29, 1.82) is 0 Å². The lowest BCUT2D eigenvalue weighted by Crippen LogP contribution is -2.44. The van der Waals surface area contributed by atoms with E-state index in [9.17, 15) is 4.79 Å². The Morgan fingerprint density at radius 2 is 2.17 bits per heavy atom. The maximum absolute atomic E-state index is 11.7. The first-order valence-electron chi connectivity index (χ1n) is 6.86. The van der Waals surface area contributed by atoms with Crippen molar-refractivity contribution < 1.29 is 0 Å². The lowest BCUT2D eigenvalue weighted by Gasteiger charge is -2.38. The van der Waals surface area contributed by atoms with Crippen molar-refractivity contribution in [2.24, 2.45) is 5.73 Å². The second-order valence-electron chi connectivity index (χ2n) is 5.33. The third-order valence-electron chi connectivity index (χ3n) is 3.89. The van der Waals surface area contributed by atoms with Crippen LogP contribution in [0.3, 0.4) is 0 Å². The summed E-state index contributed by atoms with van der Waals surface area (Å²) < 4.78 is 0. The summed E-state index contributed by atoms with van der Waals surface area (Å²) in [4.78, 5) is 21.4. The number of rotatable bonds is 5. The minimum atomic E-state index is -0.0387. The van der Waals surface area contributed by atoms with Crippen molar-refractivity contribution in [2.45, 2.75) is 44.1 Å². The van der Waals surface area contributed by atoms with Gasteiger partial charge >= 0.3 is 0 Å². The van der Waals surface area contributed by atoms with Crippen LogP contribution in [0.2, 0.25) is 0 Å². The van der Waals surface area contributed by atoms with Crippen LogP contribution in [0.4, 0.5) is 5.82 Å². The largest absolute Gasteiger partial charge is 0.352 e. The van der Waals surface area contributed by atoms with E-state index in [1.807, 2.05) is 0 Å². The highest BCUT2D eigenvalue weighted by Gasteiger charge is 2.29. The number of aromatic amines is 1. The molecule has 2 fully saturated rings. The Kier molecular flexibility index (Phi) is 3.07. The van der Waals surface area contributed by atoms with E-state index in [4.69, 9.17) is 5.73 Å². The van der Waals surface area contributed by atoms with E-state index in [1.54, 1.807) is 6.07 Å². The smallest absolute Gasteiger partial charge is 0.252 e. The first-order chi connectivity index (χ1) is 8.78. The summed E-state index contributed by atoms with van der Waals surface area (Å²) in [5, 5.41) is 0. The van der Waals surface area contributed by atoms with E-state index in [-0.39, 0.29) is 5.56 Å². The lowest BCUT2D eigenvalue weighted by atomic mass is 9.91. The quantitative estimate of drug-likeness (QED) is 0.814. The molecule has 0 atom stereocenters. The molecule has 1 aromatic heterocycles. The molecule has 2 aliphatic carbocycles. The molecule has 1 aromatic rings. The summed E-state index contributed by atoms with van der Waals surface area (Å²) in [5.74, 6) is 2.15. The van der Waals surface area contributed by atoms with Crippen molar-refractivity contribution in [3.8, 4) is 0 Å². The molecule has 5 heteroatoms. The van der Waals surface area contributed by atoms with Gasteiger partial charge in [-0.15, -0.1) is 0 Å². The zero-order valence-electron chi connectivity index (χ0n) is 10.6. The van der Waals surface area contributed by atoms with Gasteiger partial charge in [-0.1, -0.05) is 0 Å².